The minimum absolute atomic E-state index is 0.0959. The molecule has 2 heterocycles. The Morgan fingerprint density at radius 2 is 1.62 bits per heavy atom. The average molecular weight is 577 g/mol. The van der Waals surface area contributed by atoms with Crippen molar-refractivity contribution >= 4 is 23.4 Å². The zero-order valence-electron chi connectivity index (χ0n) is 25.9. The van der Waals surface area contributed by atoms with Crippen LogP contribution in [0.2, 0.25) is 0 Å². The van der Waals surface area contributed by atoms with Crippen LogP contribution in [0.15, 0.2) is 48.5 Å². The van der Waals surface area contributed by atoms with Crippen molar-refractivity contribution in [3.8, 4) is 5.75 Å². The van der Waals surface area contributed by atoms with Gasteiger partial charge in [0.25, 0.3) is 5.91 Å². The first kappa shape index (κ1) is 31.5. The molecule has 0 N–H and O–H groups in total. The van der Waals surface area contributed by atoms with Gasteiger partial charge in [-0.05, 0) is 55.0 Å². The molecule has 0 radical (unpaired) electrons. The van der Waals surface area contributed by atoms with Crippen LogP contribution in [0, 0.1) is 11.8 Å². The van der Waals surface area contributed by atoms with Gasteiger partial charge in [0.1, 0.15) is 12.4 Å². The van der Waals surface area contributed by atoms with Gasteiger partial charge in [-0.3, -0.25) is 14.4 Å². The summed E-state index contributed by atoms with van der Waals surface area (Å²) in [6, 6.07) is 15.4. The molecule has 0 bridgehead atoms. The van der Waals surface area contributed by atoms with Crippen LogP contribution in [-0.4, -0.2) is 84.8 Å². The standard InChI is InChI=1S/C34H48N4O4/c1-26(2)23-33(40)38-18-10-16-35(24-27(3)4)19-20-37(25-28-11-5-7-13-30(28)38)34(41)29-12-6-8-14-31(29)42-22-21-36-17-9-15-32(36)39/h5-8,11-14,26-27H,9-10,15-25H2,1-4H3. The van der Waals surface area contributed by atoms with E-state index in [1.807, 2.05) is 63.2 Å². The van der Waals surface area contributed by atoms with Crippen LogP contribution in [0.3, 0.4) is 0 Å². The Morgan fingerprint density at radius 3 is 2.36 bits per heavy atom. The van der Waals surface area contributed by atoms with Crippen molar-refractivity contribution in [1.82, 2.24) is 14.7 Å². The predicted molar refractivity (Wildman–Crippen MR) is 167 cm³/mol. The average Bonchev–Trinajstić information content (AvgIpc) is 3.35. The first-order valence-electron chi connectivity index (χ1n) is 15.6. The minimum atomic E-state index is -0.0959. The quantitative estimate of drug-likeness (QED) is 0.417. The van der Waals surface area contributed by atoms with Crippen molar-refractivity contribution in [3.63, 3.8) is 0 Å². The second kappa shape index (κ2) is 15.2. The number of hydrogen-bond acceptors (Lipinski definition) is 5. The molecule has 0 atom stereocenters. The fraction of sp³-hybridized carbons (Fsp3) is 0.559. The molecule has 0 aromatic heterocycles. The van der Waals surface area contributed by atoms with Gasteiger partial charge in [0.2, 0.25) is 11.8 Å². The van der Waals surface area contributed by atoms with Crippen LogP contribution in [0.1, 0.15) is 69.3 Å². The van der Waals surface area contributed by atoms with Gasteiger partial charge < -0.3 is 24.3 Å². The topological polar surface area (TPSA) is 73.4 Å². The number of nitrogens with zero attached hydrogens (tertiary/aromatic N) is 4. The number of hydrogen-bond donors (Lipinski definition) is 0. The number of benzene rings is 2. The molecule has 2 aliphatic heterocycles. The van der Waals surface area contributed by atoms with E-state index in [0.717, 1.165) is 50.3 Å². The van der Waals surface area contributed by atoms with E-state index in [9.17, 15) is 14.4 Å². The summed E-state index contributed by atoms with van der Waals surface area (Å²) in [5.74, 6) is 1.48. The Kier molecular flexibility index (Phi) is 11.4. The van der Waals surface area contributed by atoms with E-state index in [-0.39, 0.29) is 23.6 Å². The highest BCUT2D eigenvalue weighted by molar-refractivity contribution is 5.97. The van der Waals surface area contributed by atoms with Crippen molar-refractivity contribution in [2.45, 2.75) is 59.9 Å². The number of carbonyl (C=O) groups excluding carboxylic acids is 3. The molecule has 0 saturated carbocycles. The molecule has 8 nitrogen and oxygen atoms in total. The van der Waals surface area contributed by atoms with Gasteiger partial charge in [-0.2, -0.15) is 0 Å². The summed E-state index contributed by atoms with van der Waals surface area (Å²) in [4.78, 5) is 47.8. The van der Waals surface area contributed by atoms with Crippen LogP contribution in [0.5, 0.6) is 5.75 Å². The Labute approximate surface area is 251 Å². The maximum Gasteiger partial charge on any atom is 0.257 e. The van der Waals surface area contributed by atoms with Crippen LogP contribution in [0.4, 0.5) is 5.69 Å². The number of amides is 3. The molecule has 42 heavy (non-hydrogen) atoms. The predicted octanol–water partition coefficient (Wildman–Crippen LogP) is 5.07. The normalized spacial score (nSPS) is 17.0. The first-order chi connectivity index (χ1) is 20.2. The molecule has 0 unspecified atom stereocenters. The van der Waals surface area contributed by atoms with E-state index >= 15 is 0 Å². The third-order valence-corrected chi connectivity index (χ3v) is 7.89. The molecule has 1 fully saturated rings. The van der Waals surface area contributed by atoms with E-state index in [1.165, 1.54) is 0 Å². The third-order valence-electron chi connectivity index (χ3n) is 7.89. The molecule has 2 aliphatic rings. The zero-order valence-corrected chi connectivity index (χ0v) is 25.9. The van der Waals surface area contributed by atoms with Crippen molar-refractivity contribution in [2.75, 3.05) is 57.3 Å². The molecular weight excluding hydrogens is 528 g/mol. The minimum Gasteiger partial charge on any atom is -0.491 e. The number of likely N-dealkylation sites (tertiary alicyclic amines) is 1. The molecule has 3 amide bonds. The van der Waals surface area contributed by atoms with Crippen LogP contribution >= 0.6 is 0 Å². The van der Waals surface area contributed by atoms with Crippen molar-refractivity contribution < 1.29 is 19.1 Å². The van der Waals surface area contributed by atoms with Gasteiger partial charge in [0, 0.05) is 57.8 Å². The molecule has 0 spiro atoms. The molecule has 2 aromatic rings. The summed E-state index contributed by atoms with van der Waals surface area (Å²) < 4.78 is 6.10. The largest absolute Gasteiger partial charge is 0.491 e. The maximum atomic E-state index is 14.2. The van der Waals surface area contributed by atoms with Gasteiger partial charge in [-0.25, -0.2) is 0 Å². The Bertz CT molecular complexity index is 1210. The van der Waals surface area contributed by atoms with E-state index in [1.54, 1.807) is 0 Å². The molecule has 2 aromatic carbocycles. The summed E-state index contributed by atoms with van der Waals surface area (Å²) >= 11 is 0. The smallest absolute Gasteiger partial charge is 0.257 e. The van der Waals surface area contributed by atoms with E-state index in [4.69, 9.17) is 4.74 Å². The molecule has 228 valence electrons. The van der Waals surface area contributed by atoms with Gasteiger partial charge in [0.15, 0.2) is 0 Å². The second-order valence-electron chi connectivity index (χ2n) is 12.4. The van der Waals surface area contributed by atoms with Crippen molar-refractivity contribution in [1.29, 1.82) is 0 Å². The maximum absolute atomic E-state index is 14.2. The summed E-state index contributed by atoms with van der Waals surface area (Å²) in [6.45, 7) is 14.4. The molecule has 0 aliphatic carbocycles. The number of para-hydroxylation sites is 2. The lowest BCUT2D eigenvalue weighted by molar-refractivity contribution is -0.128. The lowest BCUT2D eigenvalue weighted by atomic mass is 10.1. The summed E-state index contributed by atoms with van der Waals surface area (Å²) in [6.07, 6.45) is 2.84. The highest BCUT2D eigenvalue weighted by Gasteiger charge is 2.26. The van der Waals surface area contributed by atoms with Crippen molar-refractivity contribution in [3.05, 3.63) is 59.7 Å². The summed E-state index contributed by atoms with van der Waals surface area (Å²) in [5.41, 5.74) is 2.37. The van der Waals surface area contributed by atoms with Crippen LogP contribution in [-0.2, 0) is 16.1 Å². The van der Waals surface area contributed by atoms with Gasteiger partial charge in [-0.15, -0.1) is 0 Å². The Hall–Kier alpha value is -3.39. The number of rotatable bonds is 9. The Balaban J connectivity index is 1.61. The fourth-order valence-electron chi connectivity index (χ4n) is 5.88. The number of fused-ring (bicyclic) bond motifs is 1. The fourth-order valence-corrected chi connectivity index (χ4v) is 5.88. The van der Waals surface area contributed by atoms with Gasteiger partial charge >= 0.3 is 0 Å². The summed E-state index contributed by atoms with van der Waals surface area (Å²) in [7, 11) is 0. The summed E-state index contributed by atoms with van der Waals surface area (Å²) in [5, 5.41) is 0. The van der Waals surface area contributed by atoms with Gasteiger partial charge in [-0.1, -0.05) is 58.0 Å². The highest BCUT2D eigenvalue weighted by Crippen LogP contribution is 2.27. The second-order valence-corrected chi connectivity index (χ2v) is 12.4. The zero-order chi connectivity index (χ0) is 30.1. The molecule has 1 saturated heterocycles. The number of anilines is 1. The SMILES string of the molecule is CC(C)CC(=O)N1CCCN(CC(C)C)CCN(C(=O)c2ccccc2OCCN2CCCC2=O)Cc2ccccc21. The van der Waals surface area contributed by atoms with Gasteiger partial charge in [0.05, 0.1) is 12.1 Å². The van der Waals surface area contributed by atoms with E-state index < -0.39 is 0 Å². The van der Waals surface area contributed by atoms with Crippen molar-refractivity contribution in [2.24, 2.45) is 11.8 Å². The number of carbonyl (C=O) groups is 3. The van der Waals surface area contributed by atoms with E-state index in [2.05, 4.69) is 32.6 Å². The van der Waals surface area contributed by atoms with Crippen LogP contribution < -0.4 is 9.64 Å². The molecule has 4 rings (SSSR count). The molecular formula is C34H48N4O4. The van der Waals surface area contributed by atoms with E-state index in [0.29, 0.717) is 62.9 Å². The molecule has 8 heteroatoms. The highest BCUT2D eigenvalue weighted by atomic mass is 16.5. The monoisotopic (exact) mass is 576 g/mol. The Morgan fingerprint density at radius 1 is 0.857 bits per heavy atom. The van der Waals surface area contributed by atoms with Crippen LogP contribution in [0.25, 0.3) is 0 Å². The lowest BCUT2D eigenvalue weighted by Gasteiger charge is -2.29. The first-order valence-corrected chi connectivity index (χ1v) is 15.6. The number of ether oxygens (including phenoxy) is 1. The third kappa shape index (κ3) is 8.57. The lowest BCUT2D eigenvalue weighted by Crippen LogP contribution is -2.40.